The summed E-state index contributed by atoms with van der Waals surface area (Å²) in [7, 11) is 0. The molecule has 1 atom stereocenters. The van der Waals surface area contributed by atoms with Crippen LogP contribution in [-0.2, 0) is 6.42 Å². The Labute approximate surface area is 91.1 Å². The molecule has 0 spiro atoms. The molecule has 0 radical (unpaired) electrons. The second kappa shape index (κ2) is 5.82. The summed E-state index contributed by atoms with van der Waals surface area (Å²) in [6.07, 6.45) is 0.904. The van der Waals surface area contributed by atoms with Crippen LogP contribution < -0.4 is 5.73 Å². The standard InChI is InChI=1S/C10H21N5/c1-4-15(5-2)7-6-9-12-10(8(3)11)14-13-9/h8H,4-7,11H2,1-3H3,(H,12,13,14). The molecular weight excluding hydrogens is 190 g/mol. The van der Waals surface area contributed by atoms with E-state index in [0.717, 1.165) is 31.9 Å². The van der Waals surface area contributed by atoms with Gasteiger partial charge in [-0.25, -0.2) is 4.98 Å². The van der Waals surface area contributed by atoms with Crippen molar-refractivity contribution in [2.45, 2.75) is 33.2 Å². The monoisotopic (exact) mass is 211 g/mol. The Kier molecular flexibility index (Phi) is 4.71. The fraction of sp³-hybridized carbons (Fsp3) is 0.800. The van der Waals surface area contributed by atoms with E-state index in [1.54, 1.807) is 0 Å². The van der Waals surface area contributed by atoms with Crippen LogP contribution in [0.1, 0.15) is 38.5 Å². The van der Waals surface area contributed by atoms with Crippen LogP contribution in [0.25, 0.3) is 0 Å². The molecule has 0 fully saturated rings. The van der Waals surface area contributed by atoms with Crippen LogP contribution >= 0.6 is 0 Å². The van der Waals surface area contributed by atoms with E-state index in [9.17, 15) is 0 Å². The molecule has 3 N–H and O–H groups in total. The maximum Gasteiger partial charge on any atom is 0.167 e. The highest BCUT2D eigenvalue weighted by molar-refractivity contribution is 4.94. The number of aromatic nitrogens is 3. The predicted molar refractivity (Wildman–Crippen MR) is 60.5 cm³/mol. The lowest BCUT2D eigenvalue weighted by atomic mass is 10.3. The Balaban J connectivity index is 2.43. The van der Waals surface area contributed by atoms with Gasteiger partial charge >= 0.3 is 0 Å². The third-order valence-corrected chi connectivity index (χ3v) is 2.52. The van der Waals surface area contributed by atoms with Gasteiger partial charge in [-0.3, -0.25) is 5.10 Å². The second-order valence-corrected chi connectivity index (χ2v) is 3.71. The van der Waals surface area contributed by atoms with Gasteiger partial charge in [-0.15, -0.1) is 0 Å². The minimum Gasteiger partial charge on any atom is -0.321 e. The van der Waals surface area contributed by atoms with Gasteiger partial charge in [0.25, 0.3) is 0 Å². The summed E-state index contributed by atoms with van der Waals surface area (Å²) in [5.74, 6) is 1.62. The fourth-order valence-electron chi connectivity index (χ4n) is 1.43. The number of rotatable bonds is 6. The predicted octanol–water partition coefficient (Wildman–Crippen LogP) is 0.709. The zero-order valence-corrected chi connectivity index (χ0v) is 9.82. The molecular formula is C10H21N5. The summed E-state index contributed by atoms with van der Waals surface area (Å²) >= 11 is 0. The average molecular weight is 211 g/mol. The molecule has 86 valence electrons. The van der Waals surface area contributed by atoms with Crippen molar-refractivity contribution in [2.24, 2.45) is 5.73 Å². The number of hydrogen-bond donors (Lipinski definition) is 2. The number of nitrogens with zero attached hydrogens (tertiary/aromatic N) is 3. The fourth-order valence-corrected chi connectivity index (χ4v) is 1.43. The van der Waals surface area contributed by atoms with Crippen molar-refractivity contribution in [1.82, 2.24) is 20.1 Å². The molecule has 1 rings (SSSR count). The lowest BCUT2D eigenvalue weighted by molar-refractivity contribution is 0.306. The van der Waals surface area contributed by atoms with E-state index in [4.69, 9.17) is 5.73 Å². The highest BCUT2D eigenvalue weighted by Gasteiger charge is 2.07. The third-order valence-electron chi connectivity index (χ3n) is 2.52. The molecule has 5 nitrogen and oxygen atoms in total. The zero-order valence-electron chi connectivity index (χ0n) is 9.82. The van der Waals surface area contributed by atoms with E-state index >= 15 is 0 Å². The van der Waals surface area contributed by atoms with Crippen LogP contribution in [0.15, 0.2) is 0 Å². The lowest BCUT2D eigenvalue weighted by Crippen LogP contribution is -2.25. The van der Waals surface area contributed by atoms with E-state index in [1.165, 1.54) is 0 Å². The van der Waals surface area contributed by atoms with Gasteiger partial charge in [0.15, 0.2) is 5.82 Å². The average Bonchev–Trinajstić information content (AvgIpc) is 2.68. The molecule has 0 saturated heterocycles. The molecule has 0 aromatic carbocycles. The number of nitrogens with two attached hydrogens (primary N) is 1. The molecule has 1 unspecified atom stereocenters. The number of aromatic amines is 1. The summed E-state index contributed by atoms with van der Waals surface area (Å²) in [4.78, 5) is 6.69. The molecule has 0 aliphatic carbocycles. The molecule has 15 heavy (non-hydrogen) atoms. The Morgan fingerprint density at radius 3 is 2.53 bits per heavy atom. The maximum atomic E-state index is 5.68. The minimum absolute atomic E-state index is 0.0940. The van der Waals surface area contributed by atoms with Crippen molar-refractivity contribution in [3.63, 3.8) is 0 Å². The van der Waals surface area contributed by atoms with Crippen molar-refractivity contribution in [2.75, 3.05) is 19.6 Å². The van der Waals surface area contributed by atoms with Gasteiger partial charge in [0, 0.05) is 13.0 Å². The van der Waals surface area contributed by atoms with E-state index in [0.29, 0.717) is 5.82 Å². The van der Waals surface area contributed by atoms with E-state index in [1.807, 2.05) is 6.92 Å². The highest BCUT2D eigenvalue weighted by Crippen LogP contribution is 2.03. The third kappa shape index (κ3) is 3.60. The topological polar surface area (TPSA) is 70.8 Å². The van der Waals surface area contributed by atoms with Gasteiger partial charge in [-0.1, -0.05) is 13.8 Å². The van der Waals surface area contributed by atoms with Crippen molar-refractivity contribution in [1.29, 1.82) is 0 Å². The number of likely N-dealkylation sites (N-methyl/N-ethyl adjacent to an activating group) is 1. The molecule has 0 bridgehead atoms. The van der Waals surface area contributed by atoms with Crippen LogP contribution in [0.5, 0.6) is 0 Å². The first-order chi connectivity index (χ1) is 7.17. The number of nitrogens with one attached hydrogen (secondary N) is 1. The Hall–Kier alpha value is -0.940. The summed E-state index contributed by atoms with van der Waals surface area (Å²) in [6, 6.07) is -0.0940. The van der Waals surface area contributed by atoms with E-state index in [-0.39, 0.29) is 6.04 Å². The van der Waals surface area contributed by atoms with Gasteiger partial charge in [0.2, 0.25) is 0 Å². The Morgan fingerprint density at radius 2 is 2.07 bits per heavy atom. The molecule has 0 aliphatic rings. The maximum absolute atomic E-state index is 5.68. The van der Waals surface area contributed by atoms with Gasteiger partial charge in [-0.05, 0) is 20.0 Å². The van der Waals surface area contributed by atoms with Crippen LogP contribution in [0, 0.1) is 0 Å². The van der Waals surface area contributed by atoms with E-state index < -0.39 is 0 Å². The first kappa shape index (κ1) is 12.1. The summed E-state index contributed by atoms with van der Waals surface area (Å²) in [5.41, 5.74) is 5.68. The molecule has 0 aliphatic heterocycles. The first-order valence-corrected chi connectivity index (χ1v) is 5.56. The van der Waals surface area contributed by atoms with Gasteiger partial charge in [0.1, 0.15) is 5.82 Å². The van der Waals surface area contributed by atoms with Crippen molar-refractivity contribution >= 4 is 0 Å². The normalized spacial score (nSPS) is 13.4. The summed E-state index contributed by atoms with van der Waals surface area (Å²) in [6.45, 7) is 9.38. The van der Waals surface area contributed by atoms with Gasteiger partial charge in [-0.2, -0.15) is 5.10 Å². The molecule has 1 aromatic rings. The largest absolute Gasteiger partial charge is 0.321 e. The lowest BCUT2D eigenvalue weighted by Gasteiger charge is -2.16. The molecule has 1 aromatic heterocycles. The number of H-pyrrole nitrogens is 1. The summed E-state index contributed by atoms with van der Waals surface area (Å²) < 4.78 is 0. The van der Waals surface area contributed by atoms with Crippen LogP contribution in [0.2, 0.25) is 0 Å². The summed E-state index contributed by atoms with van der Waals surface area (Å²) in [5, 5.41) is 6.99. The smallest absolute Gasteiger partial charge is 0.167 e. The minimum atomic E-state index is -0.0940. The Bertz CT molecular complexity index is 277. The SMILES string of the molecule is CCN(CC)CCc1nc(C(C)N)n[nH]1. The number of hydrogen-bond acceptors (Lipinski definition) is 4. The Morgan fingerprint density at radius 1 is 1.40 bits per heavy atom. The molecule has 0 saturated carbocycles. The molecule has 5 heteroatoms. The van der Waals surface area contributed by atoms with Crippen molar-refractivity contribution < 1.29 is 0 Å². The molecule has 0 amide bonds. The quantitative estimate of drug-likeness (QED) is 0.727. The van der Waals surface area contributed by atoms with Crippen LogP contribution in [0.3, 0.4) is 0 Å². The second-order valence-electron chi connectivity index (χ2n) is 3.71. The van der Waals surface area contributed by atoms with E-state index in [2.05, 4.69) is 33.9 Å². The zero-order chi connectivity index (χ0) is 11.3. The highest BCUT2D eigenvalue weighted by atomic mass is 15.2. The van der Waals surface area contributed by atoms with Crippen LogP contribution in [-0.4, -0.2) is 39.7 Å². The van der Waals surface area contributed by atoms with Gasteiger partial charge in [0.05, 0.1) is 6.04 Å². The van der Waals surface area contributed by atoms with Crippen LogP contribution in [0.4, 0.5) is 0 Å². The first-order valence-electron chi connectivity index (χ1n) is 5.56. The van der Waals surface area contributed by atoms with Gasteiger partial charge < -0.3 is 10.6 Å². The van der Waals surface area contributed by atoms with Crippen molar-refractivity contribution in [3.8, 4) is 0 Å². The van der Waals surface area contributed by atoms with Crippen molar-refractivity contribution in [3.05, 3.63) is 11.6 Å². The molecule has 1 heterocycles.